The Labute approximate surface area is 80.5 Å². The number of hydrogen-bond acceptors (Lipinski definition) is 5. The molecule has 2 aromatic heterocycles. The second kappa shape index (κ2) is 3.59. The molecule has 0 aliphatic carbocycles. The van der Waals surface area contributed by atoms with Crippen LogP contribution in [0.1, 0.15) is 12.7 Å². The Balaban J connectivity index is 2.18. The Kier molecular flexibility index (Phi) is 2.28. The van der Waals surface area contributed by atoms with Gasteiger partial charge in [0.2, 0.25) is 0 Å². The van der Waals surface area contributed by atoms with E-state index in [1.807, 2.05) is 6.92 Å². The van der Waals surface area contributed by atoms with Crippen LogP contribution in [-0.4, -0.2) is 26.4 Å². The minimum atomic E-state index is 0.0298. The normalized spacial score (nSPS) is 13.0. The van der Waals surface area contributed by atoms with Crippen LogP contribution in [-0.2, 0) is 6.42 Å². The van der Waals surface area contributed by atoms with E-state index in [2.05, 4.69) is 20.3 Å². The van der Waals surface area contributed by atoms with Gasteiger partial charge in [-0.3, -0.25) is 5.10 Å². The molecule has 0 saturated heterocycles. The number of nitrogens with one attached hydrogen (secondary N) is 1. The van der Waals surface area contributed by atoms with Crippen molar-refractivity contribution in [3.05, 3.63) is 18.1 Å². The van der Waals surface area contributed by atoms with Crippen LogP contribution < -0.4 is 5.73 Å². The molecule has 14 heavy (non-hydrogen) atoms. The Hall–Kier alpha value is -1.69. The van der Waals surface area contributed by atoms with E-state index >= 15 is 0 Å². The molecule has 6 heteroatoms. The summed E-state index contributed by atoms with van der Waals surface area (Å²) in [6.45, 7) is 1.90. The number of H-pyrrole nitrogens is 1. The molecule has 6 nitrogen and oxygen atoms in total. The van der Waals surface area contributed by atoms with Crippen LogP contribution in [0, 0.1) is 0 Å². The number of aromatic amines is 1. The highest BCUT2D eigenvalue weighted by Crippen LogP contribution is 2.13. The number of nitrogens with zero attached hydrogens (tertiary/aromatic N) is 3. The molecule has 0 fully saturated rings. The molecule has 74 valence electrons. The van der Waals surface area contributed by atoms with Gasteiger partial charge in [0.05, 0.1) is 0 Å². The molecule has 1 unspecified atom stereocenters. The van der Waals surface area contributed by atoms with Gasteiger partial charge in [0.25, 0.3) is 5.89 Å². The predicted molar refractivity (Wildman–Crippen MR) is 49.2 cm³/mol. The number of nitrogens with two attached hydrogens (primary N) is 1. The van der Waals surface area contributed by atoms with Crippen molar-refractivity contribution in [1.29, 1.82) is 0 Å². The monoisotopic (exact) mass is 193 g/mol. The summed E-state index contributed by atoms with van der Waals surface area (Å²) in [5.74, 6) is 1.06. The predicted octanol–water partition coefficient (Wildman–Crippen LogP) is 0.349. The van der Waals surface area contributed by atoms with Gasteiger partial charge in [-0.25, -0.2) is 0 Å². The highest BCUT2D eigenvalue weighted by atomic mass is 16.5. The third-order valence-electron chi connectivity index (χ3n) is 1.70. The summed E-state index contributed by atoms with van der Waals surface area (Å²) in [6, 6.07) is 1.80. The summed E-state index contributed by atoms with van der Waals surface area (Å²) in [7, 11) is 0. The quantitative estimate of drug-likeness (QED) is 0.733. The first-order valence-electron chi connectivity index (χ1n) is 4.33. The van der Waals surface area contributed by atoms with Gasteiger partial charge in [0.1, 0.15) is 5.69 Å². The number of hydrogen-bond donors (Lipinski definition) is 2. The minimum absolute atomic E-state index is 0.0298. The van der Waals surface area contributed by atoms with E-state index in [1.165, 1.54) is 0 Å². The Morgan fingerprint density at radius 1 is 1.64 bits per heavy atom. The van der Waals surface area contributed by atoms with E-state index in [-0.39, 0.29) is 6.04 Å². The van der Waals surface area contributed by atoms with Gasteiger partial charge in [0.15, 0.2) is 5.82 Å². The van der Waals surface area contributed by atoms with Gasteiger partial charge >= 0.3 is 0 Å². The first-order chi connectivity index (χ1) is 6.75. The van der Waals surface area contributed by atoms with Crippen molar-refractivity contribution < 1.29 is 4.52 Å². The molecule has 0 amide bonds. The lowest BCUT2D eigenvalue weighted by atomic mass is 10.2. The van der Waals surface area contributed by atoms with Gasteiger partial charge in [-0.15, -0.1) is 0 Å². The molecular weight excluding hydrogens is 182 g/mol. The van der Waals surface area contributed by atoms with Crippen LogP contribution in [0.25, 0.3) is 11.6 Å². The van der Waals surface area contributed by atoms with Crippen LogP contribution in [0.5, 0.6) is 0 Å². The molecule has 0 aromatic carbocycles. The van der Waals surface area contributed by atoms with E-state index in [4.69, 9.17) is 10.3 Å². The second-order valence-corrected chi connectivity index (χ2v) is 3.17. The molecule has 2 heterocycles. The van der Waals surface area contributed by atoms with Crippen molar-refractivity contribution in [2.45, 2.75) is 19.4 Å². The van der Waals surface area contributed by atoms with Crippen LogP contribution in [0.15, 0.2) is 16.8 Å². The zero-order chi connectivity index (χ0) is 9.97. The van der Waals surface area contributed by atoms with Crippen molar-refractivity contribution in [1.82, 2.24) is 20.3 Å². The van der Waals surface area contributed by atoms with Crippen LogP contribution in [0.2, 0.25) is 0 Å². The molecule has 2 aromatic rings. The molecule has 0 saturated carbocycles. The van der Waals surface area contributed by atoms with Crippen molar-refractivity contribution in [2.24, 2.45) is 5.73 Å². The average molecular weight is 193 g/mol. The van der Waals surface area contributed by atoms with Crippen molar-refractivity contribution in [2.75, 3.05) is 0 Å². The number of rotatable bonds is 3. The standard InChI is InChI=1S/C8H11N5O/c1-5(9)4-7-11-8(14-13-7)6-2-3-10-12-6/h2-3,5H,4,9H2,1H3,(H,10,12). The molecule has 2 rings (SSSR count). The average Bonchev–Trinajstić information content (AvgIpc) is 2.69. The first kappa shape index (κ1) is 8.89. The lowest BCUT2D eigenvalue weighted by Crippen LogP contribution is -2.18. The van der Waals surface area contributed by atoms with Crippen molar-refractivity contribution in [3.63, 3.8) is 0 Å². The topological polar surface area (TPSA) is 93.6 Å². The summed E-state index contributed by atoms with van der Waals surface area (Å²) >= 11 is 0. The molecule has 0 spiro atoms. The highest BCUT2D eigenvalue weighted by molar-refractivity contribution is 5.44. The van der Waals surface area contributed by atoms with E-state index in [0.717, 1.165) is 0 Å². The summed E-state index contributed by atoms with van der Waals surface area (Å²) < 4.78 is 5.02. The zero-order valence-corrected chi connectivity index (χ0v) is 7.77. The summed E-state index contributed by atoms with van der Waals surface area (Å²) in [5.41, 5.74) is 6.33. The highest BCUT2D eigenvalue weighted by Gasteiger charge is 2.10. The molecule has 0 aliphatic heterocycles. The van der Waals surface area contributed by atoms with Crippen LogP contribution in [0.3, 0.4) is 0 Å². The second-order valence-electron chi connectivity index (χ2n) is 3.17. The van der Waals surface area contributed by atoms with E-state index in [1.54, 1.807) is 12.3 Å². The Bertz CT molecular complexity index is 392. The van der Waals surface area contributed by atoms with Crippen molar-refractivity contribution in [3.8, 4) is 11.6 Å². The van der Waals surface area contributed by atoms with Gasteiger partial charge < -0.3 is 10.3 Å². The molecule has 3 N–H and O–H groups in total. The smallest absolute Gasteiger partial charge is 0.275 e. The largest absolute Gasteiger partial charge is 0.332 e. The third-order valence-corrected chi connectivity index (χ3v) is 1.70. The molecule has 1 atom stereocenters. The summed E-state index contributed by atoms with van der Waals surface area (Å²) in [4.78, 5) is 4.16. The fourth-order valence-electron chi connectivity index (χ4n) is 1.11. The minimum Gasteiger partial charge on any atom is -0.332 e. The van der Waals surface area contributed by atoms with Crippen LogP contribution >= 0.6 is 0 Å². The van der Waals surface area contributed by atoms with Gasteiger partial charge in [-0.2, -0.15) is 10.1 Å². The van der Waals surface area contributed by atoms with E-state index in [9.17, 15) is 0 Å². The molecule has 0 radical (unpaired) electrons. The molecule has 0 bridgehead atoms. The summed E-state index contributed by atoms with van der Waals surface area (Å²) in [6.07, 6.45) is 2.24. The van der Waals surface area contributed by atoms with Crippen LogP contribution in [0.4, 0.5) is 0 Å². The fourth-order valence-corrected chi connectivity index (χ4v) is 1.11. The first-order valence-corrected chi connectivity index (χ1v) is 4.33. The van der Waals surface area contributed by atoms with Crippen molar-refractivity contribution >= 4 is 0 Å². The van der Waals surface area contributed by atoms with Gasteiger partial charge in [-0.1, -0.05) is 5.16 Å². The lowest BCUT2D eigenvalue weighted by molar-refractivity contribution is 0.419. The summed E-state index contributed by atoms with van der Waals surface area (Å²) in [5, 5.41) is 10.3. The van der Waals surface area contributed by atoms with E-state index < -0.39 is 0 Å². The maximum Gasteiger partial charge on any atom is 0.275 e. The van der Waals surface area contributed by atoms with E-state index in [0.29, 0.717) is 23.8 Å². The zero-order valence-electron chi connectivity index (χ0n) is 7.77. The van der Waals surface area contributed by atoms with Gasteiger partial charge in [-0.05, 0) is 13.0 Å². The fraction of sp³-hybridized carbons (Fsp3) is 0.375. The SMILES string of the molecule is CC(N)Cc1noc(-c2ccn[nH]2)n1. The maximum absolute atomic E-state index is 5.61. The molecule has 0 aliphatic rings. The molecular formula is C8H11N5O. The Morgan fingerprint density at radius 3 is 3.14 bits per heavy atom. The van der Waals surface area contributed by atoms with Gasteiger partial charge in [0, 0.05) is 18.7 Å². The number of aromatic nitrogens is 4. The lowest BCUT2D eigenvalue weighted by Gasteiger charge is -1.96. The maximum atomic E-state index is 5.61. The third kappa shape index (κ3) is 1.80. The Morgan fingerprint density at radius 2 is 2.50 bits per heavy atom.